The van der Waals surface area contributed by atoms with Gasteiger partial charge < -0.3 is 9.72 Å². The molecule has 3 aromatic carbocycles. The first-order chi connectivity index (χ1) is 14.2. The van der Waals surface area contributed by atoms with Crippen molar-refractivity contribution in [3.05, 3.63) is 95.6 Å². The van der Waals surface area contributed by atoms with Crippen LogP contribution in [0.2, 0.25) is 0 Å². The molecule has 29 heavy (non-hydrogen) atoms. The number of carbonyl (C=O) groups is 1. The molecule has 0 unspecified atom stereocenters. The summed E-state index contributed by atoms with van der Waals surface area (Å²) in [7, 11) is 1.67. The van der Waals surface area contributed by atoms with Crippen molar-refractivity contribution in [1.29, 1.82) is 0 Å². The Morgan fingerprint density at radius 2 is 1.69 bits per heavy atom. The largest absolute Gasteiger partial charge is 0.497 e. The summed E-state index contributed by atoms with van der Waals surface area (Å²) in [5.41, 5.74) is 6.41. The smallest absolute Gasteiger partial charge is 0.159 e. The predicted octanol–water partition coefficient (Wildman–Crippen LogP) is 6.30. The second kappa shape index (κ2) is 8.19. The summed E-state index contributed by atoms with van der Waals surface area (Å²) in [6.07, 6.45) is 5.12. The highest BCUT2D eigenvalue weighted by atomic mass is 16.5. The fourth-order valence-corrected chi connectivity index (χ4v) is 3.56. The van der Waals surface area contributed by atoms with Crippen LogP contribution in [0.5, 0.6) is 5.75 Å². The molecule has 4 rings (SSSR count). The van der Waals surface area contributed by atoms with Gasteiger partial charge in [-0.3, -0.25) is 4.79 Å². The van der Waals surface area contributed by atoms with E-state index in [2.05, 4.69) is 35.3 Å². The highest BCUT2D eigenvalue weighted by molar-refractivity contribution is 5.95. The van der Waals surface area contributed by atoms with E-state index in [0.29, 0.717) is 0 Å². The molecule has 0 radical (unpaired) electrons. The average Bonchev–Trinajstić information content (AvgIpc) is 3.13. The summed E-state index contributed by atoms with van der Waals surface area (Å²) < 4.78 is 5.22. The SMILES string of the molecule is COc1ccc(/C=C/Cc2c(-c3ccc(C(C)=O)cc3)[nH]c3ccccc23)cc1. The van der Waals surface area contributed by atoms with Gasteiger partial charge in [0.05, 0.1) is 12.8 Å². The van der Waals surface area contributed by atoms with Crippen molar-refractivity contribution in [2.75, 3.05) is 7.11 Å². The van der Waals surface area contributed by atoms with Gasteiger partial charge in [0.25, 0.3) is 0 Å². The van der Waals surface area contributed by atoms with Gasteiger partial charge in [0.2, 0.25) is 0 Å². The first-order valence-corrected chi connectivity index (χ1v) is 9.67. The first-order valence-electron chi connectivity index (χ1n) is 9.67. The van der Waals surface area contributed by atoms with Crippen LogP contribution in [0.1, 0.15) is 28.4 Å². The summed E-state index contributed by atoms with van der Waals surface area (Å²) in [5.74, 6) is 0.936. The number of aromatic amines is 1. The lowest BCUT2D eigenvalue weighted by Gasteiger charge is -2.05. The zero-order valence-corrected chi connectivity index (χ0v) is 16.6. The number of hydrogen-bond donors (Lipinski definition) is 1. The molecule has 0 fully saturated rings. The summed E-state index contributed by atoms with van der Waals surface area (Å²) in [6.45, 7) is 1.59. The fourth-order valence-electron chi connectivity index (χ4n) is 3.56. The van der Waals surface area contributed by atoms with Crippen molar-refractivity contribution in [2.24, 2.45) is 0 Å². The summed E-state index contributed by atoms with van der Waals surface area (Å²) >= 11 is 0. The summed E-state index contributed by atoms with van der Waals surface area (Å²) in [5, 5.41) is 1.22. The van der Waals surface area contributed by atoms with Gasteiger partial charge in [-0.05, 0) is 48.2 Å². The van der Waals surface area contributed by atoms with Crippen molar-refractivity contribution >= 4 is 22.8 Å². The molecule has 3 nitrogen and oxygen atoms in total. The van der Waals surface area contributed by atoms with Crippen LogP contribution in [0, 0.1) is 0 Å². The third-order valence-electron chi connectivity index (χ3n) is 5.14. The van der Waals surface area contributed by atoms with Crippen LogP contribution in [-0.2, 0) is 6.42 Å². The Hall–Kier alpha value is -3.59. The summed E-state index contributed by atoms with van der Waals surface area (Å²) in [6, 6.07) is 24.2. The number of ether oxygens (including phenoxy) is 1. The Labute approximate surface area is 170 Å². The van der Waals surface area contributed by atoms with E-state index in [1.54, 1.807) is 14.0 Å². The highest BCUT2D eigenvalue weighted by Gasteiger charge is 2.12. The molecule has 0 aliphatic heterocycles. The first kappa shape index (κ1) is 18.8. The Morgan fingerprint density at radius 3 is 2.38 bits per heavy atom. The van der Waals surface area contributed by atoms with Gasteiger partial charge in [-0.2, -0.15) is 0 Å². The molecule has 0 amide bonds. The Balaban J connectivity index is 1.67. The van der Waals surface area contributed by atoms with E-state index in [4.69, 9.17) is 4.74 Å². The fraction of sp³-hybridized carbons (Fsp3) is 0.115. The number of fused-ring (bicyclic) bond motifs is 1. The van der Waals surface area contributed by atoms with E-state index >= 15 is 0 Å². The number of benzene rings is 3. The lowest BCUT2D eigenvalue weighted by Crippen LogP contribution is -1.92. The normalized spacial score (nSPS) is 11.2. The molecule has 1 heterocycles. The third kappa shape index (κ3) is 3.99. The van der Waals surface area contributed by atoms with Crippen LogP contribution in [0.15, 0.2) is 78.9 Å². The molecule has 0 bridgehead atoms. The molecule has 3 heteroatoms. The van der Waals surface area contributed by atoms with E-state index in [9.17, 15) is 4.79 Å². The molecule has 1 aromatic heterocycles. The van der Waals surface area contributed by atoms with Crippen molar-refractivity contribution in [1.82, 2.24) is 4.98 Å². The molecular formula is C26H23NO2. The van der Waals surface area contributed by atoms with E-state index in [1.807, 2.05) is 54.6 Å². The monoisotopic (exact) mass is 381 g/mol. The molecule has 4 aromatic rings. The van der Waals surface area contributed by atoms with Crippen molar-refractivity contribution in [2.45, 2.75) is 13.3 Å². The number of para-hydroxylation sites is 1. The van der Waals surface area contributed by atoms with Crippen LogP contribution >= 0.6 is 0 Å². The summed E-state index contributed by atoms with van der Waals surface area (Å²) in [4.78, 5) is 15.2. The van der Waals surface area contributed by atoms with Crippen LogP contribution in [0.25, 0.3) is 28.2 Å². The van der Waals surface area contributed by atoms with Gasteiger partial charge in [-0.1, -0.05) is 66.7 Å². The minimum atomic E-state index is 0.0795. The average molecular weight is 381 g/mol. The van der Waals surface area contributed by atoms with Gasteiger partial charge >= 0.3 is 0 Å². The molecule has 0 saturated carbocycles. The highest BCUT2D eigenvalue weighted by Crippen LogP contribution is 2.31. The number of carbonyl (C=O) groups excluding carboxylic acids is 1. The molecule has 144 valence electrons. The molecule has 0 aliphatic rings. The molecule has 0 aliphatic carbocycles. The molecule has 1 N–H and O–H groups in total. The topological polar surface area (TPSA) is 42.1 Å². The standard InChI is InChI=1S/C26H23NO2/c1-18(28)20-12-14-21(15-13-20)26-24(23-7-3-4-9-25(23)27-26)8-5-6-19-10-16-22(29-2)17-11-19/h3-7,9-17,27H,8H2,1-2H3/b6-5+. The number of rotatable bonds is 6. The second-order valence-electron chi connectivity index (χ2n) is 7.04. The lowest BCUT2D eigenvalue weighted by molar-refractivity contribution is 0.101. The minimum Gasteiger partial charge on any atom is -0.497 e. The van der Waals surface area contributed by atoms with Gasteiger partial charge in [-0.15, -0.1) is 0 Å². The number of ketones is 1. The molecule has 0 atom stereocenters. The van der Waals surface area contributed by atoms with Crippen LogP contribution in [0.3, 0.4) is 0 Å². The van der Waals surface area contributed by atoms with Crippen LogP contribution < -0.4 is 4.74 Å². The number of aromatic nitrogens is 1. The maximum absolute atomic E-state index is 11.6. The quantitative estimate of drug-likeness (QED) is 0.398. The van der Waals surface area contributed by atoms with Gasteiger partial charge in [0.1, 0.15) is 5.75 Å². The second-order valence-corrected chi connectivity index (χ2v) is 7.04. The van der Waals surface area contributed by atoms with Crippen molar-refractivity contribution < 1.29 is 9.53 Å². The Morgan fingerprint density at radius 1 is 0.966 bits per heavy atom. The predicted molar refractivity (Wildman–Crippen MR) is 119 cm³/mol. The van der Waals surface area contributed by atoms with Gasteiger partial charge in [0.15, 0.2) is 5.78 Å². The number of nitrogens with one attached hydrogen (secondary N) is 1. The van der Waals surface area contributed by atoms with Crippen molar-refractivity contribution in [3.8, 4) is 17.0 Å². The molecule has 0 spiro atoms. The molecular weight excluding hydrogens is 358 g/mol. The number of methoxy groups -OCH3 is 1. The van der Waals surface area contributed by atoms with E-state index in [1.165, 1.54) is 10.9 Å². The maximum Gasteiger partial charge on any atom is 0.159 e. The third-order valence-corrected chi connectivity index (χ3v) is 5.14. The minimum absolute atomic E-state index is 0.0795. The van der Waals surface area contributed by atoms with Crippen molar-refractivity contribution in [3.63, 3.8) is 0 Å². The Bertz CT molecular complexity index is 1170. The Kier molecular flexibility index (Phi) is 5.30. The van der Waals surface area contributed by atoms with Gasteiger partial charge in [0, 0.05) is 16.5 Å². The van der Waals surface area contributed by atoms with E-state index in [0.717, 1.165) is 40.1 Å². The molecule has 0 saturated heterocycles. The number of Topliss-reactive ketones (excluding diaryl/α,β-unsaturated/α-hetero) is 1. The van der Waals surface area contributed by atoms with Crippen LogP contribution in [0.4, 0.5) is 0 Å². The maximum atomic E-state index is 11.6. The van der Waals surface area contributed by atoms with Crippen LogP contribution in [-0.4, -0.2) is 17.9 Å². The van der Waals surface area contributed by atoms with Gasteiger partial charge in [-0.25, -0.2) is 0 Å². The number of allylic oxidation sites excluding steroid dienone is 1. The number of H-pyrrole nitrogens is 1. The number of hydrogen-bond acceptors (Lipinski definition) is 2. The van der Waals surface area contributed by atoms with E-state index < -0.39 is 0 Å². The lowest BCUT2D eigenvalue weighted by atomic mass is 10.0. The van der Waals surface area contributed by atoms with E-state index in [-0.39, 0.29) is 5.78 Å². The zero-order valence-electron chi connectivity index (χ0n) is 16.6. The zero-order chi connectivity index (χ0) is 20.2.